The summed E-state index contributed by atoms with van der Waals surface area (Å²) in [7, 11) is 2.16. The molecule has 3 aliphatic heterocycles. The van der Waals surface area contributed by atoms with Crippen LogP contribution in [0.25, 0.3) is 90.3 Å². The number of para-hydroxylation sites is 3. The zero-order chi connectivity index (χ0) is 97.7. The van der Waals surface area contributed by atoms with Crippen LogP contribution in [-0.4, -0.2) is 96.0 Å². The molecule has 22 rings (SSSR count). The van der Waals surface area contributed by atoms with Gasteiger partial charge in [-0.1, -0.05) is 234 Å². The molecule has 0 spiro atoms. The van der Waals surface area contributed by atoms with E-state index in [1.807, 2.05) is 258 Å². The molecule has 12 aromatic carbocycles. The van der Waals surface area contributed by atoms with Gasteiger partial charge in [-0.3, -0.25) is 0 Å². The predicted molar refractivity (Wildman–Crippen MR) is 547 cm³/mol. The van der Waals surface area contributed by atoms with E-state index >= 15 is 0 Å². The van der Waals surface area contributed by atoms with Crippen molar-refractivity contribution in [3.8, 4) is 113 Å². The second kappa shape index (κ2) is 46.1. The maximum Gasteiger partial charge on any atom is 0.166 e. The Bertz CT molecular complexity index is 7590. The predicted octanol–water partition coefficient (Wildman–Crippen LogP) is 25.5. The van der Waals surface area contributed by atoms with E-state index in [1.165, 1.54) is 66.7 Å². The van der Waals surface area contributed by atoms with Gasteiger partial charge in [-0.25, -0.2) is 34.5 Å². The van der Waals surface area contributed by atoms with Crippen LogP contribution >= 0.6 is 0 Å². The molecule has 3 radical (unpaired) electrons. The van der Waals surface area contributed by atoms with Gasteiger partial charge in [-0.2, -0.15) is 0 Å². The van der Waals surface area contributed by atoms with Crippen molar-refractivity contribution in [2.75, 3.05) is 23.8 Å². The van der Waals surface area contributed by atoms with Gasteiger partial charge in [0.2, 0.25) is 0 Å². The molecule has 19 aromatic rings. The first-order valence-corrected chi connectivity index (χ1v) is 46.2. The third kappa shape index (κ3) is 22.1. The molecule has 140 heavy (non-hydrogen) atoms. The minimum Gasteiger partial charge on any atom is -0.494 e. The van der Waals surface area contributed by atoms with Crippen LogP contribution in [0.1, 0.15) is 97.5 Å². The van der Waals surface area contributed by atoms with Crippen molar-refractivity contribution in [3.63, 3.8) is 0 Å². The number of carboxylic acids is 2. The van der Waals surface area contributed by atoms with Crippen LogP contribution in [0.15, 0.2) is 365 Å². The Kier molecular flexibility index (Phi) is 31.9. The van der Waals surface area contributed by atoms with Gasteiger partial charge in [0.1, 0.15) is 5.69 Å². The molecule has 3 aliphatic rings. The van der Waals surface area contributed by atoms with Gasteiger partial charge in [0.25, 0.3) is 0 Å². The summed E-state index contributed by atoms with van der Waals surface area (Å²) in [4.78, 5) is 65.4. The van der Waals surface area contributed by atoms with Crippen LogP contribution in [0.5, 0.6) is 23.0 Å². The number of carbonyl (C=O) groups is 2. The summed E-state index contributed by atoms with van der Waals surface area (Å²) in [6, 6.07) is 124. The maximum atomic E-state index is 10.8. The van der Waals surface area contributed by atoms with E-state index in [0.29, 0.717) is 34.7 Å². The summed E-state index contributed by atoms with van der Waals surface area (Å²) in [5.41, 5.74) is 30.1. The number of anilines is 4. The van der Waals surface area contributed by atoms with Crippen molar-refractivity contribution in [3.05, 3.63) is 473 Å². The molecule has 0 unspecified atom stereocenters. The second-order valence-electron chi connectivity index (χ2n) is 32.9. The standard InChI is InChI=1S/C33H27N2.C26H17N4.C20H17N2Se.C17H10NO2.C13H11NO2.C10H13NO2.3Ir/c1-23-14-18-25(19-15-23)33(26-20-16-24(2)17-21-26)28-10-4-5-13-31(28)35(3)32-27(9-8-11-29(32)33)30-12-6-7-22-34-30;1-4-10-19(11-5-1)23-18-22(16-17-27-23)26-29-24(20-12-6-2-7-13-20)28-25(30-26)21-14-8-3-9-15-21;1-13-10-11-18-19(14(13)2)23-20-15(16-8-4-5-12-21-16)7-6-9-17(20)22(18)3;1-2-9-15-14(8-1)19-16-10-5-6-12(17(16)20-15)13-7-3-4-11-18-13;1-9-2-4-10(5-3-9)11-6-7-12(13(15)16)14-8-11;1-5-6(2)8(4)11-9(7(5)3)10(12)13;;;/h4-8,10-22H,1-3H3;1-10,12-18H;4-6,8-12H,1-3H3;1-5,7-11H;2-8H,1H3,(H,15,16);1-4H3,(H,12,13);;;/q4*-1;;;;;/i;;3D3;;;;;;. The quantitative estimate of drug-likeness (QED) is 0.0859. The molecule has 0 amide bonds. The number of hydrogen-bond donors (Lipinski definition) is 2. The molecule has 21 heteroatoms. The van der Waals surface area contributed by atoms with Crippen LogP contribution in [0.4, 0.5) is 22.7 Å². The molecule has 0 fully saturated rings. The van der Waals surface area contributed by atoms with E-state index in [1.54, 1.807) is 43.8 Å². The third-order valence-electron chi connectivity index (χ3n) is 24.2. The molecule has 7 aromatic heterocycles. The van der Waals surface area contributed by atoms with Gasteiger partial charge in [-0.15, -0.1) is 71.8 Å². The van der Waals surface area contributed by atoms with Gasteiger partial charge < -0.3 is 39.5 Å². The number of hydrogen-bond acceptors (Lipinski definition) is 15. The van der Waals surface area contributed by atoms with Crippen molar-refractivity contribution in [1.82, 2.24) is 44.9 Å². The number of fused-ring (bicyclic) bond motifs is 6. The molecule has 2 N–H and O–H groups in total. The maximum absolute atomic E-state index is 10.8. The SMILES string of the molecule is Cc1ccc(-c2ccc(C(=O)O)nc2)cc1.Cc1ccc(C2(c3ccc(C)cc3)c3ccccc3N(C)c3c(-c4ccccn4)[c-]ccc32)cc1.Cc1nc(C(=O)O)c(C)c(C)c1C.[2H]C([2H])([2H])N1c2cc[c-]c(-c3ccccn3)c2[Se]c2c1ccc(C)c2C.[Ir].[Ir].[Ir].[c-]1ccc2c(c1-c1ccccn1)Oc1ccccc1O2.[c-]1ccccc1-c1cc(-c2nc(-c3ccccc3)nc(-c3ccccc3)n2)ccn1. The van der Waals surface area contributed by atoms with Crippen LogP contribution in [0, 0.1) is 86.6 Å². The van der Waals surface area contributed by atoms with Gasteiger partial charge >= 0.3 is 159 Å². The van der Waals surface area contributed by atoms with E-state index in [0.717, 1.165) is 127 Å². The van der Waals surface area contributed by atoms with Crippen LogP contribution in [-0.2, 0) is 65.7 Å². The molecule has 0 bridgehead atoms. The zero-order valence-electron chi connectivity index (χ0n) is 81.0. The summed E-state index contributed by atoms with van der Waals surface area (Å²) in [5.74, 6) is 2.71. The largest absolute Gasteiger partial charge is 0.494 e. The second-order valence-corrected chi connectivity index (χ2v) is 35.1. The summed E-state index contributed by atoms with van der Waals surface area (Å²) >= 11 is -0.0207. The van der Waals surface area contributed by atoms with E-state index < -0.39 is 24.3 Å². The van der Waals surface area contributed by atoms with Crippen LogP contribution in [0.3, 0.4) is 0 Å². The number of rotatable bonds is 12. The molecule has 0 saturated heterocycles. The third-order valence-corrected chi connectivity index (χ3v) is 27.0. The van der Waals surface area contributed by atoms with E-state index in [4.69, 9.17) is 43.7 Å². The first-order chi connectivity index (χ1) is 67.9. The first-order valence-electron chi connectivity index (χ1n) is 46.0. The van der Waals surface area contributed by atoms with Crippen molar-refractivity contribution in [1.29, 1.82) is 0 Å². The van der Waals surface area contributed by atoms with Crippen molar-refractivity contribution < 1.29 is 93.7 Å². The monoisotopic (exact) mass is 2440 g/mol. The fourth-order valence-electron chi connectivity index (χ4n) is 16.5. The van der Waals surface area contributed by atoms with Crippen LogP contribution in [0.2, 0.25) is 0 Å². The molecule has 0 atom stereocenters. The Hall–Kier alpha value is -14.8. The molecule has 10 heterocycles. The number of aromatic carboxylic acids is 2. The number of aromatic nitrogens is 9. The van der Waals surface area contributed by atoms with Gasteiger partial charge in [-0.05, 0) is 153 Å². The number of ether oxygens (including phenoxy) is 2. The van der Waals surface area contributed by atoms with E-state index in [-0.39, 0.29) is 86.7 Å². The Labute approximate surface area is 867 Å². The minimum absolute atomic E-state index is 0. The molecular weight excluding hydrogens is 2330 g/mol. The summed E-state index contributed by atoms with van der Waals surface area (Å²) in [6.07, 6.45) is 8.71. The molecule has 699 valence electrons. The Morgan fingerprint density at radius 1 is 0.371 bits per heavy atom. The molecular formula is C119H95Ir3N11O6Se-4. The molecule has 0 aliphatic carbocycles. The zero-order valence-corrected chi connectivity index (χ0v) is 86.9. The molecule has 0 saturated carbocycles. The number of aryl methyl sites for hydroxylation is 5. The van der Waals surface area contributed by atoms with Gasteiger partial charge in [0.05, 0.1) is 16.9 Å². The summed E-state index contributed by atoms with van der Waals surface area (Å²) < 4.78 is 38.4. The Morgan fingerprint density at radius 3 is 1.46 bits per heavy atom. The number of nitrogens with zero attached hydrogens (tertiary/aromatic N) is 11. The Balaban J connectivity index is 0.000000139. The van der Waals surface area contributed by atoms with Crippen molar-refractivity contribution in [2.45, 2.75) is 67.7 Å². The fourth-order valence-corrected chi connectivity index (χ4v) is 19.2. The normalized spacial score (nSPS) is 12.0. The average Bonchev–Trinajstić information content (AvgIpc) is 0.691. The molecule has 17 nitrogen and oxygen atoms in total. The Morgan fingerprint density at radius 2 is 0.886 bits per heavy atom. The smallest absolute Gasteiger partial charge is 0.166 e. The van der Waals surface area contributed by atoms with Crippen molar-refractivity contribution in [2.24, 2.45) is 0 Å². The van der Waals surface area contributed by atoms with Gasteiger partial charge in [0, 0.05) is 126 Å². The first kappa shape index (κ1) is 96.8. The summed E-state index contributed by atoms with van der Waals surface area (Å²) in [6.45, 7) is 15.7. The van der Waals surface area contributed by atoms with Gasteiger partial charge in [0.15, 0.2) is 34.7 Å². The van der Waals surface area contributed by atoms with E-state index in [2.05, 4.69) is 180 Å². The topological polar surface area (TPSA) is 216 Å². The number of pyridine rings is 6. The minimum atomic E-state index is -2.26. The fraction of sp³-hybridized carbons (Fsp3) is 0.101. The number of carboxylic acid groups (broad SMARTS) is 2. The average molecular weight is 2430 g/mol. The van der Waals surface area contributed by atoms with E-state index in [9.17, 15) is 9.59 Å². The van der Waals surface area contributed by atoms with Crippen molar-refractivity contribution >= 4 is 58.6 Å². The summed E-state index contributed by atoms with van der Waals surface area (Å²) in [5, 5.41) is 17.6. The van der Waals surface area contributed by atoms with Crippen LogP contribution < -0.4 is 28.2 Å². The number of benzene rings is 12.